The van der Waals surface area contributed by atoms with Gasteiger partial charge < -0.3 is 15.0 Å². The molecule has 4 heteroatoms. The molecule has 0 aliphatic carbocycles. The molecule has 1 aliphatic heterocycles. The highest BCUT2D eigenvalue weighted by atomic mass is 16.5. The fourth-order valence-electron chi connectivity index (χ4n) is 2.86. The molecule has 0 bridgehead atoms. The smallest absolute Gasteiger partial charge is 0.223 e. The number of hydrogen-bond acceptors (Lipinski definition) is 3. The average Bonchev–Trinajstić information content (AvgIpc) is 2.45. The quantitative estimate of drug-likeness (QED) is 0.904. The van der Waals surface area contributed by atoms with Crippen molar-refractivity contribution in [3.63, 3.8) is 0 Å². The van der Waals surface area contributed by atoms with E-state index in [1.807, 2.05) is 36.1 Å². The van der Waals surface area contributed by atoms with Gasteiger partial charge in [0.2, 0.25) is 5.91 Å². The van der Waals surface area contributed by atoms with Gasteiger partial charge in [0, 0.05) is 31.6 Å². The molecule has 2 rings (SSSR count). The molecule has 1 aromatic rings. The molecule has 0 aromatic heterocycles. The van der Waals surface area contributed by atoms with Crippen LogP contribution in [0.1, 0.15) is 32.8 Å². The number of amides is 1. The van der Waals surface area contributed by atoms with Crippen LogP contribution in [0.2, 0.25) is 0 Å². The van der Waals surface area contributed by atoms with E-state index in [1.54, 1.807) is 0 Å². The summed E-state index contributed by atoms with van der Waals surface area (Å²) in [6, 6.07) is 8.78. The lowest BCUT2D eigenvalue weighted by atomic mass is 10.1. The Morgan fingerprint density at radius 3 is 2.43 bits per heavy atom. The summed E-state index contributed by atoms with van der Waals surface area (Å²) in [6.45, 7) is 8.53. The lowest BCUT2D eigenvalue weighted by Gasteiger charge is -2.36. The maximum absolute atomic E-state index is 12.3. The number of rotatable bonds is 5. The SMILES string of the molecule is CCOc1ccc(CCC(=O)N2C[C@@H](C)N[C@@H](C)C2)cc1. The number of aryl methyl sites for hydroxylation is 1. The lowest BCUT2D eigenvalue weighted by Crippen LogP contribution is -2.55. The van der Waals surface area contributed by atoms with E-state index >= 15 is 0 Å². The van der Waals surface area contributed by atoms with Crippen molar-refractivity contribution in [1.82, 2.24) is 10.2 Å². The molecule has 21 heavy (non-hydrogen) atoms. The lowest BCUT2D eigenvalue weighted by molar-refractivity contribution is -0.132. The summed E-state index contributed by atoms with van der Waals surface area (Å²) >= 11 is 0. The van der Waals surface area contributed by atoms with Gasteiger partial charge in [-0.1, -0.05) is 12.1 Å². The minimum atomic E-state index is 0.254. The third-order valence-electron chi connectivity index (χ3n) is 3.77. The molecule has 1 aliphatic rings. The second-order valence-electron chi connectivity index (χ2n) is 5.84. The Bertz CT molecular complexity index is 448. The van der Waals surface area contributed by atoms with E-state index < -0.39 is 0 Å². The predicted molar refractivity (Wildman–Crippen MR) is 84.6 cm³/mol. The maximum Gasteiger partial charge on any atom is 0.223 e. The normalized spacial score (nSPS) is 22.1. The molecule has 0 saturated carbocycles. The van der Waals surface area contributed by atoms with Gasteiger partial charge in [0.05, 0.1) is 6.61 Å². The first-order valence-corrected chi connectivity index (χ1v) is 7.84. The first-order valence-electron chi connectivity index (χ1n) is 7.84. The Balaban J connectivity index is 1.83. The van der Waals surface area contributed by atoms with E-state index in [9.17, 15) is 4.79 Å². The summed E-state index contributed by atoms with van der Waals surface area (Å²) in [5.74, 6) is 1.14. The molecule has 1 heterocycles. The first kappa shape index (κ1) is 15.8. The van der Waals surface area contributed by atoms with Gasteiger partial charge >= 0.3 is 0 Å². The van der Waals surface area contributed by atoms with Crippen LogP contribution in [-0.4, -0.2) is 42.6 Å². The highest BCUT2D eigenvalue weighted by molar-refractivity contribution is 5.76. The van der Waals surface area contributed by atoms with Crippen LogP contribution in [0.5, 0.6) is 5.75 Å². The van der Waals surface area contributed by atoms with Crippen molar-refractivity contribution in [2.75, 3.05) is 19.7 Å². The zero-order valence-corrected chi connectivity index (χ0v) is 13.3. The van der Waals surface area contributed by atoms with Crippen molar-refractivity contribution >= 4 is 5.91 Å². The molecule has 1 saturated heterocycles. The van der Waals surface area contributed by atoms with Crippen molar-refractivity contribution in [2.45, 2.75) is 45.7 Å². The van der Waals surface area contributed by atoms with E-state index in [1.165, 1.54) is 5.56 Å². The Morgan fingerprint density at radius 1 is 1.24 bits per heavy atom. The van der Waals surface area contributed by atoms with E-state index in [0.717, 1.165) is 25.3 Å². The van der Waals surface area contributed by atoms with Crippen LogP contribution in [-0.2, 0) is 11.2 Å². The average molecular weight is 290 g/mol. The maximum atomic E-state index is 12.3. The van der Waals surface area contributed by atoms with Crippen molar-refractivity contribution in [3.8, 4) is 5.75 Å². The van der Waals surface area contributed by atoms with Crippen molar-refractivity contribution in [3.05, 3.63) is 29.8 Å². The minimum Gasteiger partial charge on any atom is -0.494 e. The largest absolute Gasteiger partial charge is 0.494 e. The number of carbonyl (C=O) groups excluding carboxylic acids is 1. The number of benzene rings is 1. The van der Waals surface area contributed by atoms with Gasteiger partial charge in [-0.15, -0.1) is 0 Å². The number of hydrogen-bond donors (Lipinski definition) is 1. The van der Waals surface area contributed by atoms with E-state index in [4.69, 9.17) is 4.74 Å². The molecule has 2 atom stereocenters. The van der Waals surface area contributed by atoms with E-state index in [-0.39, 0.29) is 5.91 Å². The molecule has 1 N–H and O–H groups in total. The highest BCUT2D eigenvalue weighted by Gasteiger charge is 2.24. The van der Waals surface area contributed by atoms with Gasteiger partial charge in [0.25, 0.3) is 0 Å². The Hall–Kier alpha value is -1.55. The summed E-state index contributed by atoms with van der Waals surface area (Å²) in [4.78, 5) is 14.3. The molecule has 0 radical (unpaired) electrons. The zero-order valence-electron chi connectivity index (χ0n) is 13.3. The molecule has 0 spiro atoms. The van der Waals surface area contributed by atoms with Crippen LogP contribution in [0.3, 0.4) is 0 Å². The Kier molecular flexibility index (Phi) is 5.62. The fraction of sp³-hybridized carbons (Fsp3) is 0.588. The second-order valence-corrected chi connectivity index (χ2v) is 5.84. The van der Waals surface area contributed by atoms with Gasteiger partial charge in [-0.3, -0.25) is 4.79 Å². The number of carbonyl (C=O) groups is 1. The van der Waals surface area contributed by atoms with E-state index in [2.05, 4.69) is 19.2 Å². The molecular weight excluding hydrogens is 264 g/mol. The summed E-state index contributed by atoms with van der Waals surface area (Å²) in [7, 11) is 0. The first-order chi connectivity index (χ1) is 10.1. The van der Waals surface area contributed by atoms with Crippen molar-refractivity contribution in [2.24, 2.45) is 0 Å². The third kappa shape index (κ3) is 4.74. The molecule has 4 nitrogen and oxygen atoms in total. The Morgan fingerprint density at radius 2 is 1.86 bits per heavy atom. The number of piperazine rings is 1. The topological polar surface area (TPSA) is 41.6 Å². The predicted octanol–water partition coefficient (Wildman–Crippen LogP) is 2.23. The standard InChI is InChI=1S/C17H26N2O2/c1-4-21-16-8-5-15(6-9-16)7-10-17(20)19-11-13(2)18-14(3)12-19/h5-6,8-9,13-14,18H,4,7,10-12H2,1-3H3/t13-,14+. The summed E-state index contributed by atoms with van der Waals surface area (Å²) in [5, 5.41) is 3.45. The van der Waals surface area contributed by atoms with Crippen LogP contribution in [0.15, 0.2) is 24.3 Å². The van der Waals surface area contributed by atoms with Crippen LogP contribution < -0.4 is 10.1 Å². The second kappa shape index (κ2) is 7.46. The van der Waals surface area contributed by atoms with Crippen LogP contribution in [0.25, 0.3) is 0 Å². The third-order valence-corrected chi connectivity index (χ3v) is 3.77. The van der Waals surface area contributed by atoms with Gasteiger partial charge in [0.1, 0.15) is 5.75 Å². The van der Waals surface area contributed by atoms with Crippen LogP contribution >= 0.6 is 0 Å². The van der Waals surface area contributed by atoms with Crippen LogP contribution in [0, 0.1) is 0 Å². The van der Waals surface area contributed by atoms with Gasteiger partial charge in [-0.05, 0) is 44.9 Å². The molecule has 1 aromatic carbocycles. The van der Waals surface area contributed by atoms with Gasteiger partial charge in [-0.2, -0.15) is 0 Å². The molecule has 0 unspecified atom stereocenters. The summed E-state index contributed by atoms with van der Waals surface area (Å²) in [6.07, 6.45) is 1.37. The van der Waals surface area contributed by atoms with Crippen molar-refractivity contribution < 1.29 is 9.53 Å². The molecule has 1 amide bonds. The fourth-order valence-corrected chi connectivity index (χ4v) is 2.86. The molecular formula is C17H26N2O2. The Labute approximate surface area is 127 Å². The monoisotopic (exact) mass is 290 g/mol. The van der Waals surface area contributed by atoms with E-state index in [0.29, 0.717) is 25.1 Å². The number of nitrogens with one attached hydrogen (secondary N) is 1. The minimum absolute atomic E-state index is 0.254. The molecule has 1 fully saturated rings. The zero-order chi connectivity index (χ0) is 15.2. The summed E-state index contributed by atoms with van der Waals surface area (Å²) < 4.78 is 5.42. The van der Waals surface area contributed by atoms with Gasteiger partial charge in [0.15, 0.2) is 0 Å². The summed E-state index contributed by atoms with van der Waals surface area (Å²) in [5.41, 5.74) is 1.18. The molecule has 116 valence electrons. The number of ether oxygens (including phenoxy) is 1. The highest BCUT2D eigenvalue weighted by Crippen LogP contribution is 2.14. The number of nitrogens with zero attached hydrogens (tertiary/aromatic N) is 1. The van der Waals surface area contributed by atoms with Crippen molar-refractivity contribution in [1.29, 1.82) is 0 Å². The van der Waals surface area contributed by atoms with Gasteiger partial charge in [-0.25, -0.2) is 0 Å². The van der Waals surface area contributed by atoms with Crippen LogP contribution in [0.4, 0.5) is 0 Å².